The van der Waals surface area contributed by atoms with Gasteiger partial charge in [0.15, 0.2) is 0 Å². The number of hydrogen-bond acceptors (Lipinski definition) is 7. The van der Waals surface area contributed by atoms with Gasteiger partial charge in [0.1, 0.15) is 5.00 Å². The number of nitrogens with two attached hydrogens (primary N) is 2. The lowest BCUT2D eigenvalue weighted by Gasteiger charge is -2.45. The van der Waals surface area contributed by atoms with Gasteiger partial charge in [-0.15, -0.1) is 11.3 Å². The molecule has 0 saturated carbocycles. The Kier molecular flexibility index (Phi) is 7.98. The van der Waals surface area contributed by atoms with E-state index >= 15 is 0 Å². The molecule has 2 heterocycles. The SMILES string of the molecule is CN(C)CCNC(=O)N(CCc1ccccc1)C(=O)[C@@H]1C[C@@H]2Cc3c(sc(N)c3N)C[C@H]2N(C)C1. The molecule has 1 aliphatic heterocycles. The number of fused-ring (bicyclic) bond motifs is 2. The van der Waals surface area contributed by atoms with Gasteiger partial charge in [-0.05, 0) is 63.9 Å². The normalized spacial score (nSPS) is 21.9. The molecule has 35 heavy (non-hydrogen) atoms. The number of amides is 3. The fourth-order valence-corrected chi connectivity index (χ4v) is 6.52. The molecule has 8 nitrogen and oxygen atoms in total. The fourth-order valence-electron chi connectivity index (χ4n) is 5.45. The van der Waals surface area contributed by atoms with Crippen LogP contribution in [0.1, 0.15) is 22.4 Å². The highest BCUT2D eigenvalue weighted by molar-refractivity contribution is 7.16. The van der Waals surface area contributed by atoms with Crippen LogP contribution in [0, 0.1) is 11.8 Å². The van der Waals surface area contributed by atoms with Gasteiger partial charge >= 0.3 is 6.03 Å². The summed E-state index contributed by atoms with van der Waals surface area (Å²) in [6, 6.07) is 10.1. The van der Waals surface area contributed by atoms with E-state index in [-0.39, 0.29) is 17.9 Å². The van der Waals surface area contributed by atoms with Gasteiger partial charge in [-0.25, -0.2) is 4.79 Å². The third kappa shape index (κ3) is 5.79. The van der Waals surface area contributed by atoms with E-state index in [9.17, 15) is 9.59 Å². The number of nitrogens with one attached hydrogen (secondary N) is 1. The lowest BCUT2D eigenvalue weighted by molar-refractivity contribution is -0.135. The van der Waals surface area contributed by atoms with Crippen LogP contribution < -0.4 is 16.8 Å². The Morgan fingerprint density at radius 2 is 1.89 bits per heavy atom. The van der Waals surface area contributed by atoms with E-state index in [1.54, 1.807) is 11.3 Å². The number of piperidine rings is 1. The number of likely N-dealkylation sites (N-methyl/N-ethyl adjacent to an activating group) is 2. The second-order valence-corrected chi connectivity index (χ2v) is 11.3. The number of benzene rings is 1. The summed E-state index contributed by atoms with van der Waals surface area (Å²) in [6.45, 7) is 2.23. The molecule has 0 radical (unpaired) electrons. The Bertz CT molecular complexity index is 1040. The molecule has 1 aromatic carbocycles. The average Bonchev–Trinajstić information content (AvgIpc) is 3.11. The van der Waals surface area contributed by atoms with Crippen molar-refractivity contribution in [2.24, 2.45) is 11.8 Å². The molecular weight excluding hydrogens is 460 g/mol. The molecule has 1 fully saturated rings. The van der Waals surface area contributed by atoms with E-state index in [0.717, 1.165) is 36.9 Å². The van der Waals surface area contributed by atoms with Gasteiger partial charge in [-0.3, -0.25) is 9.69 Å². The molecule has 3 amide bonds. The van der Waals surface area contributed by atoms with Crippen LogP contribution in [0.25, 0.3) is 0 Å². The summed E-state index contributed by atoms with van der Waals surface area (Å²) in [5.74, 6) is 0.00633. The Hall–Kier alpha value is -2.62. The van der Waals surface area contributed by atoms with Crippen molar-refractivity contribution < 1.29 is 9.59 Å². The van der Waals surface area contributed by atoms with Crippen molar-refractivity contribution >= 4 is 34.0 Å². The second-order valence-electron chi connectivity index (χ2n) is 10.2. The number of anilines is 2. The zero-order valence-electron chi connectivity index (χ0n) is 21.0. The van der Waals surface area contributed by atoms with Gasteiger partial charge in [-0.1, -0.05) is 30.3 Å². The number of carbonyl (C=O) groups excluding carboxylic acids is 2. The van der Waals surface area contributed by atoms with Crippen molar-refractivity contribution in [1.82, 2.24) is 20.0 Å². The fraction of sp³-hybridized carbons (Fsp3) is 0.538. The minimum absolute atomic E-state index is 0.0859. The zero-order valence-corrected chi connectivity index (χ0v) is 21.8. The average molecular weight is 499 g/mol. The summed E-state index contributed by atoms with van der Waals surface area (Å²) in [5.41, 5.74) is 15.4. The van der Waals surface area contributed by atoms with Gasteiger partial charge < -0.3 is 26.6 Å². The number of nitrogen functional groups attached to an aromatic ring is 2. The Morgan fingerprint density at radius 3 is 2.60 bits per heavy atom. The summed E-state index contributed by atoms with van der Waals surface area (Å²) in [7, 11) is 6.01. The van der Waals surface area contributed by atoms with E-state index in [4.69, 9.17) is 11.5 Å². The molecule has 1 saturated heterocycles. The summed E-state index contributed by atoms with van der Waals surface area (Å²) < 4.78 is 0. The topological polar surface area (TPSA) is 108 Å². The largest absolute Gasteiger partial charge is 0.396 e. The molecule has 0 unspecified atom stereocenters. The minimum Gasteiger partial charge on any atom is -0.396 e. The highest BCUT2D eigenvalue weighted by Gasteiger charge is 2.43. The highest BCUT2D eigenvalue weighted by atomic mass is 32.1. The molecule has 9 heteroatoms. The van der Waals surface area contributed by atoms with Crippen molar-refractivity contribution in [1.29, 1.82) is 0 Å². The molecule has 0 spiro atoms. The summed E-state index contributed by atoms with van der Waals surface area (Å²) in [4.78, 5) is 33.9. The van der Waals surface area contributed by atoms with Crippen LogP contribution in [0.15, 0.2) is 30.3 Å². The number of urea groups is 1. The third-order valence-electron chi connectivity index (χ3n) is 7.39. The van der Waals surface area contributed by atoms with Crippen molar-refractivity contribution in [3.05, 3.63) is 46.3 Å². The van der Waals surface area contributed by atoms with E-state index in [0.29, 0.717) is 48.7 Å². The van der Waals surface area contributed by atoms with Crippen LogP contribution in [-0.4, -0.2) is 80.0 Å². The minimum atomic E-state index is -0.307. The predicted octanol–water partition coefficient (Wildman–Crippen LogP) is 2.29. The van der Waals surface area contributed by atoms with E-state index < -0.39 is 0 Å². The highest BCUT2D eigenvalue weighted by Crippen LogP contribution is 2.44. The first-order valence-electron chi connectivity index (χ1n) is 12.4. The maximum atomic E-state index is 13.8. The van der Waals surface area contributed by atoms with Gasteiger partial charge in [0.2, 0.25) is 5.91 Å². The van der Waals surface area contributed by atoms with Crippen LogP contribution >= 0.6 is 11.3 Å². The monoisotopic (exact) mass is 498 g/mol. The van der Waals surface area contributed by atoms with E-state index in [1.165, 1.54) is 9.78 Å². The molecule has 5 N–H and O–H groups in total. The molecule has 0 bridgehead atoms. The molecule has 2 aliphatic rings. The van der Waals surface area contributed by atoms with Crippen LogP contribution in [0.3, 0.4) is 0 Å². The zero-order chi connectivity index (χ0) is 25.1. The molecule has 1 aromatic heterocycles. The summed E-state index contributed by atoms with van der Waals surface area (Å²) >= 11 is 1.60. The second kappa shape index (κ2) is 11.0. The third-order valence-corrected chi connectivity index (χ3v) is 8.49. The van der Waals surface area contributed by atoms with E-state index in [2.05, 4.69) is 17.3 Å². The number of imide groups is 1. The van der Waals surface area contributed by atoms with Crippen LogP contribution in [0.5, 0.6) is 0 Å². The first-order valence-corrected chi connectivity index (χ1v) is 13.2. The van der Waals surface area contributed by atoms with Crippen molar-refractivity contribution in [2.45, 2.75) is 31.7 Å². The van der Waals surface area contributed by atoms with Crippen LogP contribution in [0.2, 0.25) is 0 Å². The first kappa shape index (κ1) is 25.5. The van der Waals surface area contributed by atoms with Gasteiger partial charge in [0.25, 0.3) is 0 Å². The maximum Gasteiger partial charge on any atom is 0.324 e. The molecular formula is C26H38N6O2S. The number of hydrogen-bond donors (Lipinski definition) is 3. The van der Waals surface area contributed by atoms with E-state index in [1.807, 2.05) is 49.3 Å². The standard InChI is InChI=1S/C26H38N6O2S/c1-30(2)12-10-29-26(34)32(11-9-17-7-5-4-6-8-17)25(33)19-13-18-14-20-22(35-24(28)23(20)27)15-21(18)31(3)16-19/h4-8,18-19,21H,9-16,27-28H2,1-3H3,(H,29,34)/t18-,19-,21-/m1/s1. The Labute approximate surface area is 212 Å². The maximum absolute atomic E-state index is 13.8. The lowest BCUT2D eigenvalue weighted by atomic mass is 9.74. The summed E-state index contributed by atoms with van der Waals surface area (Å²) in [6.07, 6.45) is 3.16. The molecule has 2 aromatic rings. The van der Waals surface area contributed by atoms with Crippen LogP contribution in [-0.2, 0) is 24.1 Å². The summed E-state index contributed by atoms with van der Waals surface area (Å²) in [5, 5.41) is 3.64. The number of likely N-dealkylation sites (tertiary alicyclic amines) is 1. The van der Waals surface area contributed by atoms with Crippen molar-refractivity contribution in [3.8, 4) is 0 Å². The van der Waals surface area contributed by atoms with Gasteiger partial charge in [0.05, 0.1) is 11.6 Å². The Balaban J connectivity index is 1.48. The van der Waals surface area contributed by atoms with Crippen molar-refractivity contribution in [2.75, 3.05) is 58.8 Å². The molecule has 3 atom stereocenters. The van der Waals surface area contributed by atoms with Crippen molar-refractivity contribution in [3.63, 3.8) is 0 Å². The number of carbonyl (C=O) groups is 2. The lowest BCUT2D eigenvalue weighted by Crippen LogP contribution is -2.55. The quantitative estimate of drug-likeness (QED) is 0.541. The van der Waals surface area contributed by atoms with Crippen LogP contribution in [0.4, 0.5) is 15.5 Å². The van der Waals surface area contributed by atoms with Gasteiger partial charge in [-0.2, -0.15) is 0 Å². The number of rotatable bonds is 7. The molecule has 4 rings (SSSR count). The molecule has 1 aliphatic carbocycles. The first-order chi connectivity index (χ1) is 16.7. The molecule has 190 valence electrons. The Morgan fingerprint density at radius 1 is 1.14 bits per heavy atom. The predicted molar refractivity (Wildman–Crippen MR) is 142 cm³/mol. The smallest absolute Gasteiger partial charge is 0.324 e. The number of nitrogens with zero attached hydrogens (tertiary/aromatic N) is 3. The van der Waals surface area contributed by atoms with Gasteiger partial charge in [0, 0.05) is 37.1 Å². The number of thiophene rings is 1.